The van der Waals surface area contributed by atoms with E-state index in [2.05, 4.69) is 18.5 Å². The van der Waals surface area contributed by atoms with Gasteiger partial charge >= 0.3 is 0 Å². The van der Waals surface area contributed by atoms with Crippen LogP contribution < -0.4 is 11.1 Å². The van der Waals surface area contributed by atoms with Crippen molar-refractivity contribution in [3.8, 4) is 0 Å². The lowest BCUT2D eigenvalue weighted by Gasteiger charge is -2.31. The van der Waals surface area contributed by atoms with E-state index in [9.17, 15) is 4.79 Å². The second kappa shape index (κ2) is 8.81. The topological polar surface area (TPSA) is 55.1 Å². The highest BCUT2D eigenvalue weighted by Crippen LogP contribution is 2.27. The van der Waals surface area contributed by atoms with Crippen molar-refractivity contribution in [1.29, 1.82) is 0 Å². The Morgan fingerprint density at radius 1 is 1.39 bits per heavy atom. The predicted octanol–water partition coefficient (Wildman–Crippen LogP) is 2.54. The molecule has 0 aliphatic heterocycles. The number of thioether (sulfide) groups is 1. The zero-order valence-electron chi connectivity index (χ0n) is 11.8. The van der Waals surface area contributed by atoms with Crippen LogP contribution in [0.4, 0.5) is 0 Å². The van der Waals surface area contributed by atoms with Crippen LogP contribution in [0.25, 0.3) is 0 Å². The fourth-order valence-corrected chi connectivity index (χ4v) is 3.56. The highest BCUT2D eigenvalue weighted by molar-refractivity contribution is 7.99. The Kier molecular flexibility index (Phi) is 7.75. The summed E-state index contributed by atoms with van der Waals surface area (Å²) < 4.78 is 0. The van der Waals surface area contributed by atoms with Gasteiger partial charge in [0.15, 0.2) is 0 Å². The summed E-state index contributed by atoms with van der Waals surface area (Å²) in [4.78, 5) is 11.9. The van der Waals surface area contributed by atoms with Gasteiger partial charge in [0.05, 0.1) is 0 Å². The predicted molar refractivity (Wildman–Crippen MR) is 79.8 cm³/mol. The van der Waals surface area contributed by atoms with E-state index in [0.717, 1.165) is 25.8 Å². The first-order valence-electron chi connectivity index (χ1n) is 7.19. The van der Waals surface area contributed by atoms with Crippen molar-refractivity contribution in [3.05, 3.63) is 0 Å². The van der Waals surface area contributed by atoms with E-state index in [1.807, 2.05) is 11.8 Å². The largest absolute Gasteiger partial charge is 0.352 e. The normalized spacial score (nSPS) is 25.7. The van der Waals surface area contributed by atoms with Crippen molar-refractivity contribution in [2.45, 2.75) is 63.2 Å². The fraction of sp³-hybridized carbons (Fsp3) is 0.929. The molecule has 0 aromatic heterocycles. The highest BCUT2D eigenvalue weighted by atomic mass is 32.2. The number of nitrogens with two attached hydrogens (primary N) is 1. The van der Waals surface area contributed by atoms with E-state index in [-0.39, 0.29) is 5.91 Å². The minimum Gasteiger partial charge on any atom is -0.352 e. The zero-order valence-corrected chi connectivity index (χ0v) is 12.6. The molecule has 0 radical (unpaired) electrons. The van der Waals surface area contributed by atoms with Gasteiger partial charge < -0.3 is 11.1 Å². The summed E-state index contributed by atoms with van der Waals surface area (Å²) in [5.41, 5.74) is 5.52. The molecule has 0 bridgehead atoms. The molecular weight excluding hydrogens is 244 g/mol. The SMILES string of the molecule is CSC1CCCCC1NC(=O)CCC(C)CCN. The molecule has 4 heteroatoms. The number of carbonyl (C=O) groups excluding carboxylic acids is 1. The van der Waals surface area contributed by atoms with Crippen molar-refractivity contribution in [2.24, 2.45) is 11.7 Å². The Hall–Kier alpha value is -0.220. The molecule has 0 heterocycles. The van der Waals surface area contributed by atoms with Crippen LogP contribution in [0.1, 0.15) is 51.9 Å². The Bertz CT molecular complexity index is 248. The maximum Gasteiger partial charge on any atom is 0.220 e. The molecule has 3 nitrogen and oxygen atoms in total. The second-order valence-electron chi connectivity index (χ2n) is 5.45. The lowest BCUT2D eigenvalue weighted by atomic mass is 9.94. The Labute approximate surface area is 116 Å². The summed E-state index contributed by atoms with van der Waals surface area (Å²) in [5.74, 6) is 0.785. The van der Waals surface area contributed by atoms with E-state index < -0.39 is 0 Å². The summed E-state index contributed by atoms with van der Waals surface area (Å²) in [5, 5.41) is 3.84. The highest BCUT2D eigenvalue weighted by Gasteiger charge is 2.25. The van der Waals surface area contributed by atoms with Gasteiger partial charge in [0.2, 0.25) is 5.91 Å². The Morgan fingerprint density at radius 2 is 2.11 bits per heavy atom. The van der Waals surface area contributed by atoms with Crippen LogP contribution in [-0.2, 0) is 4.79 Å². The van der Waals surface area contributed by atoms with Crippen LogP contribution in [-0.4, -0.2) is 30.0 Å². The summed E-state index contributed by atoms with van der Waals surface area (Å²) >= 11 is 1.90. The summed E-state index contributed by atoms with van der Waals surface area (Å²) in [6, 6.07) is 0.395. The van der Waals surface area contributed by atoms with Crippen LogP contribution in [0.3, 0.4) is 0 Å². The lowest BCUT2D eigenvalue weighted by Crippen LogP contribution is -2.43. The first-order chi connectivity index (χ1) is 8.67. The van der Waals surface area contributed by atoms with Gasteiger partial charge in [-0.05, 0) is 44.4 Å². The molecule has 0 saturated heterocycles. The minimum atomic E-state index is 0.227. The molecule has 1 saturated carbocycles. The zero-order chi connectivity index (χ0) is 13.4. The third-order valence-electron chi connectivity index (χ3n) is 3.88. The molecule has 0 spiro atoms. The van der Waals surface area contributed by atoms with E-state index >= 15 is 0 Å². The van der Waals surface area contributed by atoms with Gasteiger partial charge in [-0.2, -0.15) is 11.8 Å². The Morgan fingerprint density at radius 3 is 2.78 bits per heavy atom. The van der Waals surface area contributed by atoms with Crippen LogP contribution in [0.2, 0.25) is 0 Å². The third kappa shape index (κ3) is 5.61. The molecular formula is C14H28N2OS. The standard InChI is InChI=1S/C14H28N2OS/c1-11(9-10-15)7-8-14(17)16-12-5-3-4-6-13(12)18-2/h11-13H,3-10,15H2,1-2H3,(H,16,17). The summed E-state index contributed by atoms with van der Waals surface area (Å²) in [6.07, 6.45) is 9.74. The second-order valence-corrected chi connectivity index (χ2v) is 6.53. The first-order valence-corrected chi connectivity index (χ1v) is 8.48. The van der Waals surface area contributed by atoms with Crippen molar-refractivity contribution < 1.29 is 4.79 Å². The Balaban J connectivity index is 2.25. The van der Waals surface area contributed by atoms with Crippen molar-refractivity contribution in [3.63, 3.8) is 0 Å². The van der Waals surface area contributed by atoms with Crippen LogP contribution >= 0.6 is 11.8 Å². The minimum absolute atomic E-state index is 0.227. The van der Waals surface area contributed by atoms with Gasteiger partial charge in [0, 0.05) is 17.7 Å². The molecule has 1 aliphatic rings. The number of nitrogens with one attached hydrogen (secondary N) is 1. The molecule has 3 N–H and O–H groups in total. The number of hydrogen-bond donors (Lipinski definition) is 2. The molecule has 1 fully saturated rings. The third-order valence-corrected chi connectivity index (χ3v) is 5.05. The molecule has 18 heavy (non-hydrogen) atoms. The molecule has 0 aromatic carbocycles. The van der Waals surface area contributed by atoms with Crippen molar-refractivity contribution in [2.75, 3.05) is 12.8 Å². The molecule has 1 aliphatic carbocycles. The van der Waals surface area contributed by atoms with Crippen molar-refractivity contribution >= 4 is 17.7 Å². The number of rotatable bonds is 7. The average Bonchev–Trinajstić information content (AvgIpc) is 2.37. The van der Waals surface area contributed by atoms with Crippen LogP contribution in [0, 0.1) is 5.92 Å². The van der Waals surface area contributed by atoms with Gasteiger partial charge in [0.25, 0.3) is 0 Å². The molecule has 1 amide bonds. The summed E-state index contributed by atoms with van der Waals surface area (Å²) in [7, 11) is 0. The lowest BCUT2D eigenvalue weighted by molar-refractivity contribution is -0.122. The molecule has 106 valence electrons. The van der Waals surface area contributed by atoms with E-state index in [1.54, 1.807) is 0 Å². The number of amides is 1. The monoisotopic (exact) mass is 272 g/mol. The van der Waals surface area contributed by atoms with Crippen LogP contribution in [0.15, 0.2) is 0 Å². The van der Waals surface area contributed by atoms with Gasteiger partial charge in [-0.3, -0.25) is 4.79 Å². The van der Waals surface area contributed by atoms with E-state index in [0.29, 0.717) is 23.6 Å². The fourth-order valence-electron chi connectivity index (χ4n) is 2.63. The smallest absolute Gasteiger partial charge is 0.220 e. The van der Waals surface area contributed by atoms with Gasteiger partial charge in [-0.25, -0.2) is 0 Å². The molecule has 3 atom stereocenters. The van der Waals surface area contributed by atoms with Gasteiger partial charge in [-0.1, -0.05) is 19.8 Å². The van der Waals surface area contributed by atoms with E-state index in [4.69, 9.17) is 5.73 Å². The average molecular weight is 272 g/mol. The number of carbonyl (C=O) groups is 1. The summed E-state index contributed by atoms with van der Waals surface area (Å²) in [6.45, 7) is 2.89. The maximum atomic E-state index is 11.9. The number of hydrogen-bond acceptors (Lipinski definition) is 3. The van der Waals surface area contributed by atoms with E-state index in [1.165, 1.54) is 19.3 Å². The van der Waals surface area contributed by atoms with Crippen molar-refractivity contribution in [1.82, 2.24) is 5.32 Å². The maximum absolute atomic E-state index is 11.9. The first kappa shape index (κ1) is 15.8. The quantitative estimate of drug-likeness (QED) is 0.749. The van der Waals surface area contributed by atoms with Crippen LogP contribution in [0.5, 0.6) is 0 Å². The molecule has 0 aromatic rings. The molecule has 1 rings (SSSR count). The van der Waals surface area contributed by atoms with Gasteiger partial charge in [0.1, 0.15) is 0 Å². The van der Waals surface area contributed by atoms with Gasteiger partial charge in [-0.15, -0.1) is 0 Å². The molecule has 3 unspecified atom stereocenters.